The highest BCUT2D eigenvalue weighted by Crippen LogP contribution is 2.08. The topological polar surface area (TPSA) is 39.6 Å². The molecule has 0 bridgehead atoms. The van der Waals surface area contributed by atoms with Crippen LogP contribution in [0.15, 0.2) is 23.9 Å². The van der Waals surface area contributed by atoms with E-state index in [0.29, 0.717) is 12.1 Å². The molecule has 0 atom stereocenters. The number of likely N-dealkylation sites (N-methyl/N-ethyl adjacent to an activating group) is 1. The number of hydrogen-bond acceptors (Lipinski definition) is 1. The lowest BCUT2D eigenvalue weighted by molar-refractivity contribution is -0.00545. The molecule has 0 saturated heterocycles. The van der Waals surface area contributed by atoms with Crippen molar-refractivity contribution in [2.24, 2.45) is 0 Å². The molecule has 1 aliphatic rings. The molecular formula is C8H11N3. The van der Waals surface area contributed by atoms with Gasteiger partial charge in [0, 0.05) is 25.9 Å². The summed E-state index contributed by atoms with van der Waals surface area (Å²) in [5.41, 5.74) is 10.3. The molecule has 1 rings (SSSR count). The van der Waals surface area contributed by atoms with Gasteiger partial charge in [-0.25, -0.2) is 0 Å². The largest absolute Gasteiger partial charge is 0.378 e. The standard InChI is InChI=1S/C8H11N3/c1-11(2)8-5-3-7(10-9)4-6-8/h3,5-6H,4H2,1-2H3. The maximum absolute atomic E-state index is 8.41. The quantitative estimate of drug-likeness (QED) is 0.406. The lowest BCUT2D eigenvalue weighted by Gasteiger charge is -2.14. The number of rotatable bonds is 1. The summed E-state index contributed by atoms with van der Waals surface area (Å²) in [5.74, 6) is 0. The highest BCUT2D eigenvalue weighted by molar-refractivity contribution is 5.92. The van der Waals surface area contributed by atoms with Crippen LogP contribution < -0.4 is 0 Å². The van der Waals surface area contributed by atoms with Crippen molar-refractivity contribution in [3.05, 3.63) is 29.5 Å². The van der Waals surface area contributed by atoms with Gasteiger partial charge in [0.1, 0.15) is 0 Å². The predicted octanol–water partition coefficient (Wildman–Crippen LogP) is 1.06. The van der Waals surface area contributed by atoms with Crippen molar-refractivity contribution >= 4 is 5.71 Å². The minimum Gasteiger partial charge on any atom is -0.378 e. The van der Waals surface area contributed by atoms with Gasteiger partial charge >= 0.3 is 0 Å². The molecule has 0 unspecified atom stereocenters. The van der Waals surface area contributed by atoms with Gasteiger partial charge in [-0.15, -0.1) is 0 Å². The Bertz CT molecular complexity index is 255. The normalized spacial score (nSPS) is 15.8. The zero-order valence-electron chi connectivity index (χ0n) is 6.78. The Hall–Kier alpha value is -1.34. The third-order valence-corrected chi connectivity index (χ3v) is 1.61. The lowest BCUT2D eigenvalue weighted by Crippen LogP contribution is -2.12. The van der Waals surface area contributed by atoms with Crippen molar-refractivity contribution in [1.29, 1.82) is 0 Å². The fourth-order valence-corrected chi connectivity index (χ4v) is 0.933. The Labute approximate surface area is 66.3 Å². The molecule has 0 saturated carbocycles. The van der Waals surface area contributed by atoms with E-state index in [2.05, 4.69) is 4.79 Å². The van der Waals surface area contributed by atoms with Crippen LogP contribution in [-0.4, -0.2) is 29.5 Å². The van der Waals surface area contributed by atoms with Crippen molar-refractivity contribution < 1.29 is 4.79 Å². The maximum Gasteiger partial charge on any atom is 0.295 e. The summed E-state index contributed by atoms with van der Waals surface area (Å²) < 4.78 is 0. The molecular weight excluding hydrogens is 138 g/mol. The first-order chi connectivity index (χ1) is 5.24. The molecule has 11 heavy (non-hydrogen) atoms. The second kappa shape index (κ2) is 3.17. The van der Waals surface area contributed by atoms with Crippen LogP contribution in [0, 0.1) is 0 Å². The predicted molar refractivity (Wildman–Crippen MR) is 44.2 cm³/mol. The first-order valence-electron chi connectivity index (χ1n) is 3.50. The second-order valence-electron chi connectivity index (χ2n) is 2.65. The molecule has 0 amide bonds. The maximum atomic E-state index is 8.41. The molecule has 0 aromatic carbocycles. The van der Waals surface area contributed by atoms with Crippen LogP contribution in [0.25, 0.3) is 5.53 Å². The van der Waals surface area contributed by atoms with E-state index in [9.17, 15) is 0 Å². The Balaban J connectivity index is 2.75. The Morgan fingerprint density at radius 2 is 2.18 bits per heavy atom. The highest BCUT2D eigenvalue weighted by atomic mass is 15.1. The summed E-state index contributed by atoms with van der Waals surface area (Å²) >= 11 is 0. The van der Waals surface area contributed by atoms with E-state index >= 15 is 0 Å². The Morgan fingerprint density at radius 3 is 2.55 bits per heavy atom. The molecule has 0 aromatic rings. The summed E-state index contributed by atoms with van der Waals surface area (Å²) in [6.07, 6.45) is 6.48. The molecule has 58 valence electrons. The molecule has 3 heteroatoms. The van der Waals surface area contributed by atoms with Gasteiger partial charge in [0.2, 0.25) is 0 Å². The van der Waals surface area contributed by atoms with E-state index in [0.717, 1.165) is 5.70 Å². The van der Waals surface area contributed by atoms with Crippen LogP contribution in [0.4, 0.5) is 0 Å². The first kappa shape index (κ1) is 7.76. The van der Waals surface area contributed by atoms with Gasteiger partial charge in [-0.1, -0.05) is 0 Å². The average Bonchev–Trinajstić information content (AvgIpc) is 2.05. The van der Waals surface area contributed by atoms with E-state index in [1.54, 1.807) is 0 Å². The molecule has 0 aromatic heterocycles. The Kier molecular flexibility index (Phi) is 2.24. The molecule has 0 fully saturated rings. The number of nitrogens with zero attached hydrogens (tertiary/aromatic N) is 3. The molecule has 0 N–H and O–H groups in total. The SMILES string of the molecule is CN(C)C1=CCC(=[N+]=[N-])C=C1. The zero-order chi connectivity index (χ0) is 8.27. The second-order valence-corrected chi connectivity index (χ2v) is 2.65. The molecule has 1 aliphatic carbocycles. The van der Waals surface area contributed by atoms with Crippen LogP contribution in [0.2, 0.25) is 0 Å². The minimum absolute atomic E-state index is 0.704. The highest BCUT2D eigenvalue weighted by Gasteiger charge is 2.08. The monoisotopic (exact) mass is 149 g/mol. The van der Waals surface area contributed by atoms with Gasteiger partial charge in [0.15, 0.2) is 0 Å². The van der Waals surface area contributed by atoms with Crippen molar-refractivity contribution in [2.75, 3.05) is 14.1 Å². The zero-order valence-corrected chi connectivity index (χ0v) is 6.78. The number of hydrogen-bond donors (Lipinski definition) is 0. The van der Waals surface area contributed by atoms with Gasteiger partial charge in [-0.2, -0.15) is 4.79 Å². The average molecular weight is 149 g/mol. The smallest absolute Gasteiger partial charge is 0.295 e. The minimum atomic E-state index is 0.704. The molecule has 0 radical (unpaired) electrons. The van der Waals surface area contributed by atoms with Crippen LogP contribution in [0.3, 0.4) is 0 Å². The van der Waals surface area contributed by atoms with Crippen LogP contribution in [0.1, 0.15) is 6.42 Å². The van der Waals surface area contributed by atoms with Gasteiger partial charge in [0.05, 0.1) is 6.42 Å². The third kappa shape index (κ3) is 1.79. The molecule has 0 heterocycles. The molecule has 3 nitrogen and oxygen atoms in total. The van der Waals surface area contributed by atoms with Crippen molar-refractivity contribution in [1.82, 2.24) is 4.90 Å². The van der Waals surface area contributed by atoms with Crippen LogP contribution >= 0.6 is 0 Å². The van der Waals surface area contributed by atoms with Crippen molar-refractivity contribution in [3.8, 4) is 0 Å². The Morgan fingerprint density at radius 1 is 1.45 bits per heavy atom. The van der Waals surface area contributed by atoms with Gasteiger partial charge in [-0.05, 0) is 12.2 Å². The first-order valence-corrected chi connectivity index (χ1v) is 3.50. The van der Waals surface area contributed by atoms with Crippen molar-refractivity contribution in [2.45, 2.75) is 6.42 Å². The molecule has 0 aliphatic heterocycles. The van der Waals surface area contributed by atoms with E-state index in [-0.39, 0.29) is 0 Å². The van der Waals surface area contributed by atoms with E-state index in [4.69, 9.17) is 5.53 Å². The van der Waals surface area contributed by atoms with Gasteiger partial charge < -0.3 is 10.4 Å². The summed E-state index contributed by atoms with van der Waals surface area (Å²) in [6, 6.07) is 0. The summed E-state index contributed by atoms with van der Waals surface area (Å²) in [4.78, 5) is 5.13. The van der Waals surface area contributed by atoms with E-state index in [1.165, 1.54) is 0 Å². The summed E-state index contributed by atoms with van der Waals surface area (Å²) in [5, 5.41) is 0. The van der Waals surface area contributed by atoms with Gasteiger partial charge in [0.25, 0.3) is 5.71 Å². The fraction of sp³-hybridized carbons (Fsp3) is 0.375. The number of allylic oxidation sites excluding steroid dienone is 3. The van der Waals surface area contributed by atoms with Gasteiger partial charge in [-0.3, -0.25) is 0 Å². The van der Waals surface area contributed by atoms with E-state index in [1.807, 2.05) is 37.2 Å². The summed E-state index contributed by atoms with van der Waals surface area (Å²) in [7, 11) is 3.97. The van der Waals surface area contributed by atoms with E-state index < -0.39 is 0 Å². The molecule has 0 spiro atoms. The lowest BCUT2D eigenvalue weighted by atomic mass is 10.1. The van der Waals surface area contributed by atoms with Crippen LogP contribution in [0.5, 0.6) is 0 Å². The summed E-state index contributed by atoms with van der Waals surface area (Å²) in [6.45, 7) is 0. The van der Waals surface area contributed by atoms with Crippen molar-refractivity contribution in [3.63, 3.8) is 0 Å². The fourth-order valence-electron chi connectivity index (χ4n) is 0.933. The third-order valence-electron chi connectivity index (χ3n) is 1.61. The van der Waals surface area contributed by atoms with Crippen LogP contribution in [-0.2, 0) is 0 Å².